The number of carbonyl (C=O) groups excluding carboxylic acids is 1. The minimum atomic E-state index is -0.399. The average molecular weight is 389 g/mol. The van der Waals surface area contributed by atoms with E-state index in [2.05, 4.69) is 25.9 Å². The van der Waals surface area contributed by atoms with Crippen molar-refractivity contribution in [2.75, 3.05) is 5.32 Å². The Morgan fingerprint density at radius 3 is 2.52 bits per heavy atom. The summed E-state index contributed by atoms with van der Waals surface area (Å²) in [6.45, 7) is 3.70. The van der Waals surface area contributed by atoms with Gasteiger partial charge in [-0.15, -0.1) is 5.10 Å². The number of nitrogens with zero attached hydrogens (tertiary/aromatic N) is 6. The van der Waals surface area contributed by atoms with Crippen LogP contribution in [0, 0.1) is 0 Å². The summed E-state index contributed by atoms with van der Waals surface area (Å²) in [7, 11) is 1.74. The van der Waals surface area contributed by atoms with E-state index >= 15 is 0 Å². The highest BCUT2D eigenvalue weighted by atomic mass is 16.2. The van der Waals surface area contributed by atoms with Crippen molar-refractivity contribution in [3.63, 3.8) is 0 Å². The molecule has 0 bridgehead atoms. The van der Waals surface area contributed by atoms with E-state index in [0.717, 1.165) is 5.56 Å². The number of benzene rings is 2. The molecule has 0 fully saturated rings. The van der Waals surface area contributed by atoms with Gasteiger partial charge in [0.2, 0.25) is 0 Å². The second-order valence-electron chi connectivity index (χ2n) is 6.90. The Labute approximate surface area is 166 Å². The molecule has 0 aliphatic carbocycles. The van der Waals surface area contributed by atoms with Crippen molar-refractivity contribution < 1.29 is 4.79 Å². The van der Waals surface area contributed by atoms with Gasteiger partial charge in [0.1, 0.15) is 0 Å². The number of amides is 1. The molecule has 2 heterocycles. The number of aromatic nitrogens is 6. The number of hydrogen-bond donors (Lipinski definition) is 1. The molecule has 0 saturated heterocycles. The van der Waals surface area contributed by atoms with Gasteiger partial charge in [-0.3, -0.25) is 9.59 Å². The van der Waals surface area contributed by atoms with E-state index in [-0.39, 0.29) is 17.3 Å². The van der Waals surface area contributed by atoms with E-state index in [4.69, 9.17) is 0 Å². The van der Waals surface area contributed by atoms with Crippen molar-refractivity contribution in [2.24, 2.45) is 7.05 Å². The Morgan fingerprint density at radius 1 is 1.07 bits per heavy atom. The van der Waals surface area contributed by atoms with Gasteiger partial charge in [0.25, 0.3) is 11.5 Å². The monoisotopic (exact) mass is 389 g/mol. The van der Waals surface area contributed by atoms with Crippen LogP contribution in [-0.4, -0.2) is 35.9 Å². The fourth-order valence-corrected chi connectivity index (χ4v) is 3.12. The summed E-state index contributed by atoms with van der Waals surface area (Å²) < 4.78 is 2.88. The Bertz CT molecular complexity index is 1270. The topological polar surface area (TPSA) is 108 Å². The van der Waals surface area contributed by atoms with Crippen LogP contribution in [0.4, 0.5) is 5.69 Å². The van der Waals surface area contributed by atoms with E-state index in [0.29, 0.717) is 22.3 Å². The minimum absolute atomic E-state index is 0.176. The van der Waals surface area contributed by atoms with E-state index in [1.807, 2.05) is 19.9 Å². The zero-order valence-corrected chi connectivity index (χ0v) is 16.2. The zero-order chi connectivity index (χ0) is 20.5. The lowest BCUT2D eigenvalue weighted by atomic mass is 10.1. The largest absolute Gasteiger partial charge is 0.321 e. The van der Waals surface area contributed by atoms with Crippen molar-refractivity contribution in [1.82, 2.24) is 30.0 Å². The fraction of sp³-hybridized carbons (Fsp3) is 0.200. The zero-order valence-electron chi connectivity index (χ0n) is 16.2. The first-order chi connectivity index (χ1) is 14.0. The van der Waals surface area contributed by atoms with Crippen LogP contribution >= 0.6 is 0 Å². The summed E-state index contributed by atoms with van der Waals surface area (Å²) >= 11 is 0. The third kappa shape index (κ3) is 3.38. The predicted molar refractivity (Wildman–Crippen MR) is 109 cm³/mol. The molecule has 9 heteroatoms. The first kappa shape index (κ1) is 18.5. The van der Waals surface area contributed by atoms with E-state index in [9.17, 15) is 9.59 Å². The molecule has 0 atom stereocenters. The molecule has 146 valence electrons. The van der Waals surface area contributed by atoms with E-state index in [1.165, 1.54) is 4.68 Å². The molecule has 4 rings (SSSR count). The number of fused-ring (bicyclic) bond motifs is 1. The van der Waals surface area contributed by atoms with Crippen LogP contribution in [0.2, 0.25) is 0 Å². The molecule has 1 amide bonds. The van der Waals surface area contributed by atoms with Crippen molar-refractivity contribution >= 4 is 22.4 Å². The van der Waals surface area contributed by atoms with Crippen LogP contribution in [0.1, 0.15) is 30.4 Å². The molecule has 2 aromatic heterocycles. The van der Waals surface area contributed by atoms with Gasteiger partial charge >= 0.3 is 0 Å². The summed E-state index contributed by atoms with van der Waals surface area (Å²) in [5, 5.41) is 19.6. The van der Waals surface area contributed by atoms with Gasteiger partial charge in [0, 0.05) is 23.7 Å². The summed E-state index contributed by atoms with van der Waals surface area (Å²) in [5.41, 5.74) is 1.31. The molecule has 4 aromatic rings. The summed E-state index contributed by atoms with van der Waals surface area (Å²) in [4.78, 5) is 25.7. The van der Waals surface area contributed by atoms with E-state index < -0.39 is 5.91 Å². The van der Waals surface area contributed by atoms with Crippen molar-refractivity contribution in [2.45, 2.75) is 19.9 Å². The van der Waals surface area contributed by atoms with Crippen LogP contribution in [0.3, 0.4) is 0 Å². The number of hydrogen-bond acceptors (Lipinski definition) is 6. The molecule has 29 heavy (non-hydrogen) atoms. The smallest absolute Gasteiger partial charge is 0.276 e. The number of rotatable bonds is 4. The molecule has 0 aliphatic rings. The van der Waals surface area contributed by atoms with Gasteiger partial charge in [0.05, 0.1) is 11.4 Å². The fourth-order valence-electron chi connectivity index (χ4n) is 3.12. The van der Waals surface area contributed by atoms with E-state index in [1.54, 1.807) is 54.2 Å². The molecule has 9 nitrogen and oxygen atoms in total. The quantitative estimate of drug-likeness (QED) is 0.574. The van der Waals surface area contributed by atoms with Gasteiger partial charge in [-0.05, 0) is 42.5 Å². The number of carbonyl (C=O) groups is 1. The lowest BCUT2D eigenvalue weighted by molar-refractivity contribution is 0.102. The molecule has 2 aromatic carbocycles. The minimum Gasteiger partial charge on any atom is -0.321 e. The maximum atomic E-state index is 13.0. The molecule has 0 aliphatic heterocycles. The lowest BCUT2D eigenvalue weighted by Crippen LogP contribution is -2.28. The predicted octanol–water partition coefficient (Wildman–Crippen LogP) is 2.42. The highest BCUT2D eigenvalue weighted by Crippen LogP contribution is 2.21. The number of anilines is 1. The van der Waals surface area contributed by atoms with Gasteiger partial charge in [-0.1, -0.05) is 30.3 Å². The standard InChI is InChI=1S/C20H19N7O2/c1-12(2)27-20(29)16-10-5-4-9-15(16)17(23-27)19(28)21-14-8-6-7-13(11-14)18-22-24-25-26(18)3/h4-12H,1-3H3,(H,21,28). The summed E-state index contributed by atoms with van der Waals surface area (Å²) in [5.74, 6) is 0.182. The van der Waals surface area contributed by atoms with Crippen LogP contribution in [0.15, 0.2) is 53.3 Å². The highest BCUT2D eigenvalue weighted by Gasteiger charge is 2.18. The van der Waals surface area contributed by atoms with Crippen molar-refractivity contribution in [3.8, 4) is 11.4 Å². The maximum absolute atomic E-state index is 13.0. The molecular weight excluding hydrogens is 370 g/mol. The normalized spacial score (nSPS) is 11.2. The molecule has 0 saturated carbocycles. The molecule has 1 N–H and O–H groups in total. The van der Waals surface area contributed by atoms with Crippen LogP contribution in [0.5, 0.6) is 0 Å². The first-order valence-electron chi connectivity index (χ1n) is 9.11. The second kappa shape index (κ2) is 7.27. The second-order valence-corrected chi connectivity index (χ2v) is 6.90. The third-order valence-electron chi connectivity index (χ3n) is 4.53. The van der Waals surface area contributed by atoms with Gasteiger partial charge in [-0.2, -0.15) is 5.10 Å². The molecular formula is C20H19N7O2. The Morgan fingerprint density at radius 2 is 1.83 bits per heavy atom. The SMILES string of the molecule is CC(C)n1nc(C(=O)Nc2cccc(-c3nnnn3C)c2)c2ccccc2c1=O. The number of aryl methyl sites for hydroxylation is 1. The Hall–Kier alpha value is -3.88. The third-order valence-corrected chi connectivity index (χ3v) is 4.53. The maximum Gasteiger partial charge on any atom is 0.276 e. The van der Waals surface area contributed by atoms with Crippen LogP contribution in [-0.2, 0) is 7.05 Å². The number of nitrogens with one attached hydrogen (secondary N) is 1. The van der Waals surface area contributed by atoms with Crippen molar-refractivity contribution in [1.29, 1.82) is 0 Å². The average Bonchev–Trinajstić information content (AvgIpc) is 3.14. The summed E-state index contributed by atoms with van der Waals surface area (Å²) in [6, 6.07) is 14.0. The van der Waals surface area contributed by atoms with Crippen LogP contribution < -0.4 is 10.9 Å². The first-order valence-corrected chi connectivity index (χ1v) is 9.11. The number of tetrazole rings is 1. The van der Waals surface area contributed by atoms with Crippen LogP contribution in [0.25, 0.3) is 22.2 Å². The van der Waals surface area contributed by atoms with Gasteiger partial charge in [-0.25, -0.2) is 9.36 Å². The Balaban J connectivity index is 1.75. The molecule has 0 unspecified atom stereocenters. The van der Waals surface area contributed by atoms with Gasteiger partial charge < -0.3 is 5.32 Å². The molecule has 0 spiro atoms. The highest BCUT2D eigenvalue weighted by molar-refractivity contribution is 6.11. The Kier molecular flexibility index (Phi) is 4.63. The lowest BCUT2D eigenvalue weighted by Gasteiger charge is -2.13. The van der Waals surface area contributed by atoms with Gasteiger partial charge in [0.15, 0.2) is 11.5 Å². The van der Waals surface area contributed by atoms with Crippen molar-refractivity contribution in [3.05, 3.63) is 64.6 Å². The summed E-state index contributed by atoms with van der Waals surface area (Å²) in [6.07, 6.45) is 0. The molecule has 0 radical (unpaired) electrons.